The Kier molecular flexibility index (Phi) is 5.68. The third-order valence-corrected chi connectivity index (χ3v) is 5.35. The lowest BCUT2D eigenvalue weighted by Crippen LogP contribution is -2.50. The Morgan fingerprint density at radius 2 is 1.87 bits per heavy atom. The zero-order valence-corrected chi connectivity index (χ0v) is 17.0. The molecule has 1 fully saturated rings. The first-order valence-corrected chi connectivity index (χ1v) is 9.15. The van der Waals surface area contributed by atoms with Gasteiger partial charge in [-0.1, -0.05) is 12.1 Å². The molecular weight excluding hydrogens is 421 g/mol. The van der Waals surface area contributed by atoms with Gasteiger partial charge in [0.1, 0.15) is 11.9 Å². The van der Waals surface area contributed by atoms with E-state index in [4.69, 9.17) is 0 Å². The number of benzene rings is 1. The molecule has 0 bridgehead atoms. The van der Waals surface area contributed by atoms with Crippen molar-refractivity contribution in [3.63, 3.8) is 0 Å². The zero-order valence-electron chi connectivity index (χ0n) is 16.2. The highest BCUT2D eigenvalue weighted by Crippen LogP contribution is 2.38. The number of likely N-dealkylation sites (N-methyl/N-ethyl adjacent to an activating group) is 1. The normalized spacial score (nSPS) is 21.2. The number of aromatic nitrogens is 1. The second-order valence-corrected chi connectivity index (χ2v) is 7.32. The van der Waals surface area contributed by atoms with Crippen LogP contribution in [0.4, 0.5) is 30.4 Å². The largest absolute Gasteiger partial charge is 0.416 e. The van der Waals surface area contributed by atoms with Crippen LogP contribution in [0, 0.1) is 12.8 Å². The molecule has 1 saturated heterocycles. The quantitative estimate of drug-likeness (QED) is 0.735. The van der Waals surface area contributed by atoms with Gasteiger partial charge in [-0.25, -0.2) is 4.98 Å². The molecule has 2 aliphatic rings. The lowest BCUT2D eigenvalue weighted by molar-refractivity contribution is -0.137. The standard InChI is InChI=1S/C20H19F3N4O2.ClH/c1-11-7-13(20(21,22)23)9-16(25-11)27-17(28)8-12-10-24-14-5-3-4-6-15(14)26(2)19(29)18(12)27;/h3-7,9,12,18,24H,8,10H2,1-2H3;1H. The number of halogens is 4. The minimum atomic E-state index is -4.58. The predicted molar refractivity (Wildman–Crippen MR) is 109 cm³/mol. The van der Waals surface area contributed by atoms with Crippen molar-refractivity contribution in [1.82, 2.24) is 4.98 Å². The van der Waals surface area contributed by atoms with Crippen LogP contribution in [0.1, 0.15) is 17.7 Å². The van der Waals surface area contributed by atoms with Crippen LogP contribution in [-0.2, 0) is 15.8 Å². The third kappa shape index (κ3) is 3.69. The Balaban J connectivity index is 0.00000256. The van der Waals surface area contributed by atoms with E-state index in [1.54, 1.807) is 19.2 Å². The number of carbonyl (C=O) groups is 2. The molecule has 2 amide bonds. The number of amides is 2. The smallest absolute Gasteiger partial charge is 0.383 e. The van der Waals surface area contributed by atoms with E-state index in [2.05, 4.69) is 10.3 Å². The van der Waals surface area contributed by atoms with Crippen LogP contribution >= 0.6 is 12.4 Å². The van der Waals surface area contributed by atoms with E-state index in [0.717, 1.165) is 22.7 Å². The van der Waals surface area contributed by atoms with Crippen LogP contribution in [0.5, 0.6) is 0 Å². The van der Waals surface area contributed by atoms with Gasteiger partial charge < -0.3 is 10.2 Å². The van der Waals surface area contributed by atoms with E-state index < -0.39 is 23.7 Å². The summed E-state index contributed by atoms with van der Waals surface area (Å²) in [6, 6.07) is 8.07. The van der Waals surface area contributed by atoms with Gasteiger partial charge >= 0.3 is 6.18 Å². The minimum Gasteiger partial charge on any atom is -0.383 e. The summed E-state index contributed by atoms with van der Waals surface area (Å²) in [6.45, 7) is 1.78. The van der Waals surface area contributed by atoms with Crippen LogP contribution in [0.3, 0.4) is 0 Å². The first-order valence-electron chi connectivity index (χ1n) is 9.15. The molecule has 2 unspecified atom stereocenters. The highest BCUT2D eigenvalue weighted by molar-refractivity contribution is 6.09. The Morgan fingerprint density at radius 3 is 2.57 bits per heavy atom. The molecule has 0 aliphatic carbocycles. The highest BCUT2D eigenvalue weighted by Gasteiger charge is 2.48. The van der Waals surface area contributed by atoms with Crippen molar-refractivity contribution in [3.8, 4) is 0 Å². The monoisotopic (exact) mass is 440 g/mol. The average Bonchev–Trinajstić information content (AvgIpc) is 2.99. The molecule has 10 heteroatoms. The van der Waals surface area contributed by atoms with Gasteiger partial charge in [-0.3, -0.25) is 14.5 Å². The fourth-order valence-electron chi connectivity index (χ4n) is 3.98. The Morgan fingerprint density at radius 1 is 1.17 bits per heavy atom. The Bertz CT molecular complexity index is 998. The fourth-order valence-corrected chi connectivity index (χ4v) is 3.98. The van der Waals surface area contributed by atoms with Crippen LogP contribution < -0.4 is 15.1 Å². The maximum Gasteiger partial charge on any atom is 0.416 e. The molecular formula is C20H20ClF3N4O2. The van der Waals surface area contributed by atoms with Crippen molar-refractivity contribution >= 4 is 41.4 Å². The number of nitrogens with one attached hydrogen (secondary N) is 1. The van der Waals surface area contributed by atoms with Crippen LogP contribution in [0.25, 0.3) is 0 Å². The van der Waals surface area contributed by atoms with Gasteiger partial charge in [-0.2, -0.15) is 13.2 Å². The van der Waals surface area contributed by atoms with E-state index in [1.165, 1.54) is 11.8 Å². The maximum atomic E-state index is 13.3. The highest BCUT2D eigenvalue weighted by atomic mass is 35.5. The summed E-state index contributed by atoms with van der Waals surface area (Å²) in [5.74, 6) is -1.31. The molecule has 6 nitrogen and oxygen atoms in total. The van der Waals surface area contributed by atoms with Crippen LogP contribution in [0.2, 0.25) is 0 Å². The Hall–Kier alpha value is -2.81. The molecule has 0 radical (unpaired) electrons. The number of fused-ring (bicyclic) bond motifs is 2. The van der Waals surface area contributed by atoms with Gasteiger partial charge in [0.05, 0.1) is 16.9 Å². The third-order valence-electron chi connectivity index (χ3n) is 5.35. The number of pyridine rings is 1. The van der Waals surface area contributed by atoms with Crippen LogP contribution in [0.15, 0.2) is 36.4 Å². The number of alkyl halides is 3. The van der Waals surface area contributed by atoms with Gasteiger partial charge in [-0.05, 0) is 31.2 Å². The number of nitrogens with zero attached hydrogens (tertiary/aromatic N) is 3. The first-order chi connectivity index (χ1) is 13.7. The molecule has 2 aromatic rings. The summed E-state index contributed by atoms with van der Waals surface area (Å²) < 4.78 is 39.8. The summed E-state index contributed by atoms with van der Waals surface area (Å²) >= 11 is 0. The molecule has 0 spiro atoms. The van der Waals surface area contributed by atoms with E-state index in [1.807, 2.05) is 12.1 Å². The number of rotatable bonds is 1. The van der Waals surface area contributed by atoms with Gasteiger partial charge in [0.2, 0.25) is 11.8 Å². The molecule has 1 aromatic carbocycles. The van der Waals surface area contributed by atoms with Crippen molar-refractivity contribution < 1.29 is 22.8 Å². The molecule has 30 heavy (non-hydrogen) atoms. The predicted octanol–water partition coefficient (Wildman–Crippen LogP) is 3.64. The summed E-state index contributed by atoms with van der Waals surface area (Å²) in [5, 5.41) is 3.25. The van der Waals surface area contributed by atoms with Crippen molar-refractivity contribution in [2.24, 2.45) is 5.92 Å². The number of aryl methyl sites for hydroxylation is 1. The van der Waals surface area contributed by atoms with Gasteiger partial charge in [0.15, 0.2) is 0 Å². The summed E-state index contributed by atoms with van der Waals surface area (Å²) in [5.41, 5.74) is 0.636. The fraction of sp³-hybridized carbons (Fsp3) is 0.350. The van der Waals surface area contributed by atoms with E-state index in [0.29, 0.717) is 12.2 Å². The molecule has 2 aliphatic heterocycles. The van der Waals surface area contributed by atoms with Gasteiger partial charge in [0.25, 0.3) is 0 Å². The van der Waals surface area contributed by atoms with Gasteiger partial charge in [0, 0.05) is 31.6 Å². The molecule has 1 aromatic heterocycles. The lowest BCUT2D eigenvalue weighted by Gasteiger charge is -2.34. The van der Waals surface area contributed by atoms with E-state index in [9.17, 15) is 22.8 Å². The summed E-state index contributed by atoms with van der Waals surface area (Å²) in [4.78, 5) is 32.8. The zero-order chi connectivity index (χ0) is 20.9. The molecule has 1 N–H and O–H groups in total. The molecule has 0 saturated carbocycles. The second kappa shape index (κ2) is 7.79. The van der Waals surface area contributed by atoms with Crippen molar-refractivity contribution in [1.29, 1.82) is 0 Å². The maximum absolute atomic E-state index is 13.3. The average molecular weight is 441 g/mol. The van der Waals surface area contributed by atoms with Gasteiger partial charge in [-0.15, -0.1) is 12.4 Å². The molecule has 3 heterocycles. The molecule has 160 valence electrons. The topological polar surface area (TPSA) is 65.5 Å². The molecule has 2 atom stereocenters. The van der Waals surface area contributed by atoms with E-state index >= 15 is 0 Å². The number of anilines is 3. The minimum absolute atomic E-state index is 0. The molecule has 4 rings (SSSR count). The summed E-state index contributed by atoms with van der Waals surface area (Å²) in [6.07, 6.45) is -4.52. The lowest BCUT2D eigenvalue weighted by atomic mass is 9.97. The van der Waals surface area contributed by atoms with Crippen LogP contribution in [-0.4, -0.2) is 36.4 Å². The van der Waals surface area contributed by atoms with Crippen molar-refractivity contribution in [2.75, 3.05) is 28.7 Å². The number of para-hydroxylation sites is 2. The number of hydrogen-bond donors (Lipinski definition) is 1. The van der Waals surface area contributed by atoms with Crippen molar-refractivity contribution in [2.45, 2.75) is 25.6 Å². The number of hydrogen-bond acceptors (Lipinski definition) is 4. The second-order valence-electron chi connectivity index (χ2n) is 7.32. The van der Waals surface area contributed by atoms with E-state index in [-0.39, 0.29) is 42.2 Å². The Labute approximate surface area is 177 Å². The first kappa shape index (κ1) is 21.9. The SMILES string of the molecule is Cc1cc(C(F)(F)F)cc(N2C(=O)CC3CNc4ccccc4N(C)C(=O)C32)n1.Cl. The summed E-state index contributed by atoms with van der Waals surface area (Å²) in [7, 11) is 1.59. The van der Waals surface area contributed by atoms with Crippen molar-refractivity contribution in [3.05, 3.63) is 47.7 Å². The number of carbonyl (C=O) groups excluding carboxylic acids is 2.